The number of hydrogen-bond acceptors (Lipinski definition) is 7. The lowest BCUT2D eigenvalue weighted by Crippen LogP contribution is -2.52. The number of benzene rings is 1. The lowest BCUT2D eigenvalue weighted by molar-refractivity contribution is -0.125. The van der Waals surface area contributed by atoms with Crippen LogP contribution in [-0.2, 0) is 16.9 Å². The van der Waals surface area contributed by atoms with Gasteiger partial charge in [-0.25, -0.2) is 4.79 Å². The lowest BCUT2D eigenvalue weighted by Gasteiger charge is -2.28. The summed E-state index contributed by atoms with van der Waals surface area (Å²) in [5.74, 6) is -0.116. The van der Waals surface area contributed by atoms with Gasteiger partial charge in [-0.3, -0.25) is 14.9 Å². The Morgan fingerprint density at radius 3 is 2.83 bits per heavy atom. The quantitative estimate of drug-likeness (QED) is 0.607. The first-order valence-corrected chi connectivity index (χ1v) is 9.99. The molecule has 9 nitrogen and oxygen atoms in total. The average Bonchev–Trinajstić information content (AvgIpc) is 3.51. The normalized spacial score (nSPS) is 20.3. The van der Waals surface area contributed by atoms with Gasteiger partial charge in [0, 0.05) is 18.2 Å². The van der Waals surface area contributed by atoms with Crippen LogP contribution in [0.15, 0.2) is 46.3 Å². The molecule has 0 radical (unpaired) electrons. The molecule has 30 heavy (non-hydrogen) atoms. The molecule has 0 spiro atoms. The number of amides is 4. The third-order valence-corrected chi connectivity index (χ3v) is 6.16. The van der Waals surface area contributed by atoms with Crippen LogP contribution in [0.1, 0.15) is 21.7 Å². The first kappa shape index (κ1) is 18.4. The van der Waals surface area contributed by atoms with Crippen molar-refractivity contribution in [2.75, 3.05) is 13.7 Å². The summed E-state index contributed by atoms with van der Waals surface area (Å²) in [4.78, 5) is 40.2. The molecular formula is C20H16N4O5S. The number of carbonyl (C=O) groups is 3. The van der Waals surface area contributed by atoms with E-state index >= 15 is 0 Å². The SMILES string of the molecule is COc1ccc2c(c1)C(=O)N(C[C@@]1(c3cc(-c4cccs4)no3)NC(=O)NC1=O)C2. The first-order chi connectivity index (χ1) is 14.5. The minimum Gasteiger partial charge on any atom is -0.497 e. The number of imide groups is 1. The Morgan fingerprint density at radius 1 is 1.27 bits per heavy atom. The van der Waals surface area contributed by atoms with Gasteiger partial charge in [0.2, 0.25) is 0 Å². The minimum absolute atomic E-state index is 0.0977. The summed E-state index contributed by atoms with van der Waals surface area (Å²) in [7, 11) is 1.53. The summed E-state index contributed by atoms with van der Waals surface area (Å²) in [5.41, 5.74) is 0.305. The van der Waals surface area contributed by atoms with E-state index in [4.69, 9.17) is 9.26 Å². The molecule has 2 aromatic heterocycles. The summed E-state index contributed by atoms with van der Waals surface area (Å²) < 4.78 is 10.7. The topological polar surface area (TPSA) is 114 Å². The Labute approximate surface area is 174 Å². The van der Waals surface area contributed by atoms with E-state index in [0.29, 0.717) is 23.6 Å². The number of aromatic nitrogens is 1. The Kier molecular flexibility index (Phi) is 4.10. The number of thiophene rings is 1. The molecule has 2 N–H and O–H groups in total. The van der Waals surface area contributed by atoms with Crippen LogP contribution in [-0.4, -0.2) is 41.6 Å². The highest BCUT2D eigenvalue weighted by atomic mass is 32.1. The highest BCUT2D eigenvalue weighted by Crippen LogP contribution is 2.34. The third kappa shape index (κ3) is 2.76. The second kappa shape index (κ2) is 6.70. The molecule has 2 aliphatic rings. The fourth-order valence-corrected chi connectivity index (χ4v) is 4.43. The Balaban J connectivity index is 1.50. The monoisotopic (exact) mass is 424 g/mol. The maximum absolute atomic E-state index is 13.0. The van der Waals surface area contributed by atoms with Crippen molar-refractivity contribution >= 4 is 29.2 Å². The van der Waals surface area contributed by atoms with E-state index < -0.39 is 17.5 Å². The van der Waals surface area contributed by atoms with Gasteiger partial charge < -0.3 is 19.5 Å². The van der Waals surface area contributed by atoms with Gasteiger partial charge in [0.1, 0.15) is 11.4 Å². The fraction of sp³-hybridized carbons (Fsp3) is 0.200. The standard InChI is InChI=1S/C20H16N4O5S/c1-28-12-5-4-11-9-24(17(25)13(11)7-12)10-20(18(26)21-19(27)22-20)16-8-14(23-29-16)15-3-2-6-30-15/h2-8H,9-10H2,1H3,(H2,21,22,26,27)/t20-/m0/s1. The van der Waals surface area contributed by atoms with Crippen molar-refractivity contribution in [1.29, 1.82) is 0 Å². The summed E-state index contributed by atoms with van der Waals surface area (Å²) in [6.45, 7) is 0.203. The van der Waals surface area contributed by atoms with E-state index in [-0.39, 0.29) is 18.2 Å². The maximum atomic E-state index is 13.0. The number of nitrogens with zero attached hydrogens (tertiary/aromatic N) is 2. The summed E-state index contributed by atoms with van der Waals surface area (Å²) >= 11 is 1.47. The zero-order chi connectivity index (χ0) is 20.9. The Bertz CT molecular complexity index is 1170. The van der Waals surface area contributed by atoms with E-state index in [0.717, 1.165) is 10.4 Å². The van der Waals surface area contributed by atoms with Crippen molar-refractivity contribution in [2.45, 2.75) is 12.1 Å². The second-order valence-electron chi connectivity index (χ2n) is 7.05. The highest BCUT2D eigenvalue weighted by molar-refractivity contribution is 7.13. The molecule has 0 unspecified atom stereocenters. The van der Waals surface area contributed by atoms with Crippen molar-refractivity contribution in [3.63, 3.8) is 0 Å². The molecule has 0 saturated carbocycles. The van der Waals surface area contributed by atoms with E-state index in [1.807, 2.05) is 23.6 Å². The Hall–Kier alpha value is -3.66. The molecule has 152 valence electrons. The number of rotatable bonds is 5. The molecule has 0 bridgehead atoms. The first-order valence-electron chi connectivity index (χ1n) is 9.11. The van der Waals surface area contributed by atoms with Gasteiger partial charge >= 0.3 is 6.03 Å². The second-order valence-corrected chi connectivity index (χ2v) is 8.00. The maximum Gasteiger partial charge on any atom is 0.322 e. The number of ether oxygens (including phenoxy) is 1. The molecule has 5 rings (SSSR count). The molecule has 4 amide bonds. The Morgan fingerprint density at radius 2 is 2.13 bits per heavy atom. The van der Waals surface area contributed by atoms with E-state index in [9.17, 15) is 14.4 Å². The van der Waals surface area contributed by atoms with Gasteiger partial charge in [-0.05, 0) is 29.1 Å². The van der Waals surface area contributed by atoms with Gasteiger partial charge in [-0.1, -0.05) is 17.3 Å². The number of methoxy groups -OCH3 is 1. The molecular weight excluding hydrogens is 408 g/mol. The fourth-order valence-electron chi connectivity index (χ4n) is 3.75. The molecule has 2 aliphatic heterocycles. The smallest absolute Gasteiger partial charge is 0.322 e. The number of carbonyl (C=O) groups excluding carboxylic acids is 3. The predicted molar refractivity (Wildman–Crippen MR) is 106 cm³/mol. The average molecular weight is 424 g/mol. The van der Waals surface area contributed by atoms with Crippen LogP contribution >= 0.6 is 11.3 Å². The van der Waals surface area contributed by atoms with Crippen molar-refractivity contribution in [3.8, 4) is 16.3 Å². The van der Waals surface area contributed by atoms with E-state index in [2.05, 4.69) is 15.8 Å². The van der Waals surface area contributed by atoms with Gasteiger partial charge in [-0.2, -0.15) is 0 Å². The summed E-state index contributed by atoms with van der Waals surface area (Å²) in [6, 6.07) is 9.98. The molecule has 1 atom stereocenters. The van der Waals surface area contributed by atoms with Crippen LogP contribution in [0, 0.1) is 0 Å². The van der Waals surface area contributed by atoms with Crippen LogP contribution in [0.2, 0.25) is 0 Å². The molecule has 1 saturated heterocycles. The van der Waals surface area contributed by atoms with Gasteiger partial charge in [0.05, 0.1) is 18.5 Å². The van der Waals surface area contributed by atoms with Crippen molar-refractivity contribution in [2.24, 2.45) is 0 Å². The number of nitrogens with one attached hydrogen (secondary N) is 2. The van der Waals surface area contributed by atoms with Gasteiger partial charge in [0.25, 0.3) is 11.8 Å². The molecule has 3 aromatic rings. The minimum atomic E-state index is -1.57. The van der Waals surface area contributed by atoms with Crippen molar-refractivity contribution < 1.29 is 23.6 Å². The predicted octanol–water partition coefficient (Wildman–Crippen LogP) is 2.10. The van der Waals surface area contributed by atoms with E-state index in [1.165, 1.54) is 23.3 Å². The van der Waals surface area contributed by atoms with Crippen LogP contribution in [0.4, 0.5) is 4.79 Å². The molecule has 10 heteroatoms. The summed E-state index contributed by atoms with van der Waals surface area (Å²) in [6.07, 6.45) is 0. The number of hydrogen-bond donors (Lipinski definition) is 2. The molecule has 0 aliphatic carbocycles. The zero-order valence-electron chi connectivity index (χ0n) is 15.8. The third-order valence-electron chi connectivity index (χ3n) is 5.27. The molecule has 4 heterocycles. The van der Waals surface area contributed by atoms with Crippen LogP contribution in [0.3, 0.4) is 0 Å². The van der Waals surface area contributed by atoms with Crippen molar-refractivity contribution in [3.05, 3.63) is 58.7 Å². The molecule has 1 aromatic carbocycles. The largest absolute Gasteiger partial charge is 0.497 e. The van der Waals surface area contributed by atoms with Crippen LogP contribution in [0.25, 0.3) is 10.6 Å². The van der Waals surface area contributed by atoms with Crippen LogP contribution < -0.4 is 15.4 Å². The zero-order valence-corrected chi connectivity index (χ0v) is 16.6. The highest BCUT2D eigenvalue weighted by Gasteiger charge is 2.53. The van der Waals surface area contributed by atoms with Gasteiger partial charge in [0.15, 0.2) is 11.3 Å². The van der Waals surface area contributed by atoms with Gasteiger partial charge in [-0.15, -0.1) is 11.3 Å². The number of fused-ring (bicyclic) bond motifs is 1. The van der Waals surface area contributed by atoms with Crippen LogP contribution in [0.5, 0.6) is 5.75 Å². The van der Waals surface area contributed by atoms with Crippen molar-refractivity contribution in [1.82, 2.24) is 20.7 Å². The van der Waals surface area contributed by atoms with E-state index in [1.54, 1.807) is 18.2 Å². The summed E-state index contributed by atoms with van der Waals surface area (Å²) in [5, 5.41) is 10.8. The lowest BCUT2D eigenvalue weighted by atomic mass is 9.95. The number of urea groups is 1. The molecule has 1 fully saturated rings.